The molecule has 0 heterocycles. The van der Waals surface area contributed by atoms with Crippen molar-refractivity contribution < 1.29 is 4.84 Å². The molecule has 0 atom stereocenters. The van der Waals surface area contributed by atoms with E-state index in [2.05, 4.69) is 9.99 Å². The van der Waals surface area contributed by atoms with E-state index in [9.17, 15) is 0 Å². The molecule has 0 rings (SSSR count). The molecule has 0 aliphatic rings. The van der Waals surface area contributed by atoms with Gasteiger partial charge in [0.05, 0.1) is 0 Å². The van der Waals surface area contributed by atoms with Gasteiger partial charge < -0.3 is 4.84 Å². The van der Waals surface area contributed by atoms with Crippen molar-refractivity contribution in [3.8, 4) is 0 Å². The highest BCUT2D eigenvalue weighted by molar-refractivity contribution is 6.95. The van der Waals surface area contributed by atoms with Crippen LogP contribution in [0, 0.1) is 0 Å². The minimum atomic E-state index is -0.113. The van der Waals surface area contributed by atoms with Gasteiger partial charge in [0.15, 0.2) is 0 Å². The molecule has 0 fully saturated rings. The Morgan fingerprint density at radius 2 is 2.17 bits per heavy atom. The maximum absolute atomic E-state index is 4.97. The molecule has 0 aliphatic heterocycles. The van der Waals surface area contributed by atoms with E-state index in [0.29, 0.717) is 0 Å². The van der Waals surface area contributed by atoms with Crippen LogP contribution in [-0.2, 0) is 4.84 Å². The van der Waals surface area contributed by atoms with Gasteiger partial charge in [0.25, 0.3) is 0 Å². The summed E-state index contributed by atoms with van der Waals surface area (Å²) in [6.07, 6.45) is 0. The molecule has 2 nitrogen and oxygen atoms in total. The number of hydrogen-bond donors (Lipinski definition) is 0. The van der Waals surface area contributed by atoms with E-state index in [-0.39, 0.29) is 4.63 Å². The Bertz CT molecular complexity index is 58.6. The molecule has 36 valence electrons. The summed E-state index contributed by atoms with van der Waals surface area (Å²) in [6.45, 7) is 0. The summed E-state index contributed by atoms with van der Waals surface area (Å²) in [4.78, 5) is 4.13. The van der Waals surface area contributed by atoms with Crippen LogP contribution in [0.25, 0.3) is 0 Å². The highest BCUT2D eigenvalue weighted by Gasteiger charge is 1.77. The monoisotopic (exact) mass is 127 g/mol. The van der Waals surface area contributed by atoms with E-state index in [4.69, 9.17) is 23.2 Å². The standard InChI is InChI=1S/C2H3Cl2NO/c1-6-5-2(3)4/h1H3. The van der Waals surface area contributed by atoms with Crippen LogP contribution in [0.15, 0.2) is 5.16 Å². The van der Waals surface area contributed by atoms with Gasteiger partial charge in [-0.05, 0) is 23.2 Å². The normalized spacial score (nSPS) is 7.17. The Balaban J connectivity index is 3.14. The summed E-state index contributed by atoms with van der Waals surface area (Å²) in [7, 11) is 1.37. The maximum atomic E-state index is 4.97. The zero-order valence-electron chi connectivity index (χ0n) is 3.11. The molecule has 0 saturated carbocycles. The first-order valence-corrected chi connectivity index (χ1v) is 1.95. The molecule has 6 heavy (non-hydrogen) atoms. The van der Waals surface area contributed by atoms with Gasteiger partial charge >= 0.3 is 0 Å². The van der Waals surface area contributed by atoms with Crippen molar-refractivity contribution in [2.45, 2.75) is 0 Å². The molecule has 0 spiro atoms. The summed E-state index contributed by atoms with van der Waals surface area (Å²) in [5.74, 6) is 0. The van der Waals surface area contributed by atoms with Crippen LogP contribution >= 0.6 is 23.2 Å². The molecule has 0 aliphatic carbocycles. The fourth-order valence-electron chi connectivity index (χ4n) is 0.0690. The van der Waals surface area contributed by atoms with E-state index in [1.165, 1.54) is 7.11 Å². The molecule has 4 heteroatoms. The molecule has 0 amide bonds. The van der Waals surface area contributed by atoms with E-state index >= 15 is 0 Å². The zero-order valence-corrected chi connectivity index (χ0v) is 4.62. The molecule has 0 aromatic carbocycles. The van der Waals surface area contributed by atoms with Gasteiger partial charge in [-0.3, -0.25) is 0 Å². The lowest BCUT2D eigenvalue weighted by molar-refractivity contribution is 0.215. The van der Waals surface area contributed by atoms with Crippen LogP contribution in [0.1, 0.15) is 0 Å². The third-order valence-electron chi connectivity index (χ3n) is 0.160. The SMILES string of the molecule is CON=C(Cl)Cl. The van der Waals surface area contributed by atoms with Crippen molar-refractivity contribution in [2.75, 3.05) is 7.11 Å². The second-order valence-electron chi connectivity index (χ2n) is 0.514. The molecular weight excluding hydrogens is 125 g/mol. The number of oxime groups is 1. The minimum absolute atomic E-state index is 0.113. The molecule has 0 radical (unpaired) electrons. The van der Waals surface area contributed by atoms with Gasteiger partial charge in [-0.25, -0.2) is 0 Å². The fourth-order valence-corrected chi connectivity index (χ4v) is 0.207. The van der Waals surface area contributed by atoms with Crippen LogP contribution in [-0.4, -0.2) is 11.7 Å². The first kappa shape index (κ1) is 6.05. The Hall–Kier alpha value is 0.0500. The van der Waals surface area contributed by atoms with Gasteiger partial charge in [0.2, 0.25) is 4.63 Å². The fraction of sp³-hybridized carbons (Fsp3) is 0.500. The molecule has 0 N–H and O–H groups in total. The Morgan fingerprint density at radius 3 is 2.17 bits per heavy atom. The van der Waals surface area contributed by atoms with Crippen molar-refractivity contribution in [1.82, 2.24) is 0 Å². The van der Waals surface area contributed by atoms with Crippen LogP contribution in [0.4, 0.5) is 0 Å². The first-order valence-electron chi connectivity index (χ1n) is 1.19. The average molecular weight is 128 g/mol. The zero-order chi connectivity index (χ0) is 4.99. The van der Waals surface area contributed by atoms with E-state index in [0.717, 1.165) is 0 Å². The largest absolute Gasteiger partial charge is 0.397 e. The molecule has 0 bridgehead atoms. The molecule has 0 saturated heterocycles. The van der Waals surface area contributed by atoms with Crippen LogP contribution in [0.5, 0.6) is 0 Å². The third kappa shape index (κ3) is 4.05. The average Bonchev–Trinajstić information content (AvgIpc) is 1.35. The van der Waals surface area contributed by atoms with Gasteiger partial charge in [-0.2, -0.15) is 0 Å². The van der Waals surface area contributed by atoms with E-state index in [1.54, 1.807) is 0 Å². The van der Waals surface area contributed by atoms with Crippen molar-refractivity contribution in [1.29, 1.82) is 0 Å². The number of hydrogen-bond acceptors (Lipinski definition) is 2. The predicted molar refractivity (Wildman–Crippen MR) is 26.1 cm³/mol. The van der Waals surface area contributed by atoms with Gasteiger partial charge in [-0.1, -0.05) is 5.16 Å². The van der Waals surface area contributed by atoms with Crippen molar-refractivity contribution in [3.63, 3.8) is 0 Å². The molecule has 0 aromatic heterocycles. The first-order chi connectivity index (χ1) is 2.77. The lowest BCUT2D eigenvalue weighted by Gasteiger charge is -1.79. The predicted octanol–water partition coefficient (Wildman–Crippen LogP) is 1.38. The quantitative estimate of drug-likeness (QED) is 0.386. The summed E-state index contributed by atoms with van der Waals surface area (Å²) < 4.78 is -0.113. The Kier molecular flexibility index (Phi) is 3.28. The Labute approximate surface area is 45.7 Å². The summed E-state index contributed by atoms with van der Waals surface area (Å²) in [6, 6.07) is 0. The van der Waals surface area contributed by atoms with Gasteiger partial charge in [0, 0.05) is 0 Å². The topological polar surface area (TPSA) is 21.6 Å². The number of rotatable bonds is 1. The Morgan fingerprint density at radius 1 is 1.67 bits per heavy atom. The van der Waals surface area contributed by atoms with Gasteiger partial charge in [-0.15, -0.1) is 0 Å². The number of halogens is 2. The second kappa shape index (κ2) is 3.25. The van der Waals surface area contributed by atoms with Crippen LogP contribution < -0.4 is 0 Å². The summed E-state index contributed by atoms with van der Waals surface area (Å²) in [5.41, 5.74) is 0. The maximum Gasteiger partial charge on any atom is 0.235 e. The van der Waals surface area contributed by atoms with Crippen molar-refractivity contribution in [3.05, 3.63) is 0 Å². The highest BCUT2D eigenvalue weighted by Crippen LogP contribution is 1.89. The molecular formula is C2H3Cl2NO. The van der Waals surface area contributed by atoms with E-state index < -0.39 is 0 Å². The highest BCUT2D eigenvalue weighted by atomic mass is 35.5. The molecule has 0 unspecified atom stereocenters. The second-order valence-corrected chi connectivity index (χ2v) is 1.42. The smallest absolute Gasteiger partial charge is 0.235 e. The van der Waals surface area contributed by atoms with Crippen LogP contribution in [0.2, 0.25) is 0 Å². The molecule has 0 aromatic rings. The third-order valence-corrected chi connectivity index (χ3v) is 0.298. The lowest BCUT2D eigenvalue weighted by atomic mass is 11.6. The minimum Gasteiger partial charge on any atom is -0.397 e. The van der Waals surface area contributed by atoms with Crippen LogP contribution in [0.3, 0.4) is 0 Å². The van der Waals surface area contributed by atoms with Gasteiger partial charge in [0.1, 0.15) is 7.11 Å². The number of nitrogens with zero attached hydrogens (tertiary/aromatic N) is 1. The van der Waals surface area contributed by atoms with Crippen molar-refractivity contribution >= 4 is 27.8 Å². The van der Waals surface area contributed by atoms with E-state index in [1.807, 2.05) is 0 Å². The summed E-state index contributed by atoms with van der Waals surface area (Å²) >= 11 is 9.94. The van der Waals surface area contributed by atoms with Crippen molar-refractivity contribution in [2.24, 2.45) is 5.16 Å². The lowest BCUT2D eigenvalue weighted by Crippen LogP contribution is -1.70. The summed E-state index contributed by atoms with van der Waals surface area (Å²) in [5, 5.41) is 3.07.